The molecule has 1 aliphatic carbocycles. The van der Waals surface area contributed by atoms with Crippen LogP contribution < -0.4 is 11.1 Å². The molecule has 1 heterocycles. The average molecular weight is 343 g/mol. The molecule has 2 amide bonds. The Morgan fingerprint density at radius 2 is 1.96 bits per heavy atom. The van der Waals surface area contributed by atoms with Crippen molar-refractivity contribution >= 4 is 11.8 Å². The highest BCUT2D eigenvalue weighted by Gasteiger charge is 2.38. The number of hydrogen-bond donors (Lipinski definition) is 2. The molecule has 136 valence electrons. The summed E-state index contributed by atoms with van der Waals surface area (Å²) < 4.78 is 0. The molecule has 0 spiro atoms. The molecule has 3 atom stereocenters. The molecule has 1 aliphatic heterocycles. The summed E-state index contributed by atoms with van der Waals surface area (Å²) in [5, 5.41) is 3.11. The van der Waals surface area contributed by atoms with Gasteiger partial charge in [-0.3, -0.25) is 9.59 Å². The van der Waals surface area contributed by atoms with Crippen LogP contribution in [0.2, 0.25) is 0 Å². The third kappa shape index (κ3) is 3.87. The van der Waals surface area contributed by atoms with Crippen LogP contribution in [0.1, 0.15) is 44.2 Å². The number of nitrogens with one attached hydrogen (secondary N) is 1. The highest BCUT2D eigenvalue weighted by molar-refractivity contribution is 5.89. The largest absolute Gasteiger partial charge is 0.350 e. The summed E-state index contributed by atoms with van der Waals surface area (Å²) in [7, 11) is 0. The lowest BCUT2D eigenvalue weighted by molar-refractivity contribution is -0.145. The van der Waals surface area contributed by atoms with Crippen LogP contribution in [0.25, 0.3) is 0 Å². The van der Waals surface area contributed by atoms with Crippen LogP contribution in [0.4, 0.5) is 0 Å². The van der Waals surface area contributed by atoms with E-state index in [0.29, 0.717) is 25.4 Å². The second-order valence-corrected chi connectivity index (χ2v) is 7.45. The molecule has 1 fully saturated rings. The zero-order valence-electron chi connectivity index (χ0n) is 15.2. The fourth-order valence-electron chi connectivity index (χ4n) is 3.59. The zero-order valence-corrected chi connectivity index (χ0v) is 15.2. The molecule has 0 radical (unpaired) electrons. The number of hydrogen-bond acceptors (Lipinski definition) is 3. The maximum absolute atomic E-state index is 13.0. The van der Waals surface area contributed by atoms with E-state index in [1.54, 1.807) is 4.90 Å². The van der Waals surface area contributed by atoms with Crippen molar-refractivity contribution in [3.63, 3.8) is 0 Å². The van der Waals surface area contributed by atoms with Gasteiger partial charge in [-0.25, -0.2) is 0 Å². The van der Waals surface area contributed by atoms with Gasteiger partial charge in [0.2, 0.25) is 11.8 Å². The third-order valence-corrected chi connectivity index (χ3v) is 5.64. The molecule has 5 nitrogen and oxygen atoms in total. The number of carbonyl (C=O) groups excluding carboxylic acids is 2. The summed E-state index contributed by atoms with van der Waals surface area (Å²) in [4.78, 5) is 27.6. The van der Waals surface area contributed by atoms with Gasteiger partial charge in [0.1, 0.15) is 6.04 Å². The summed E-state index contributed by atoms with van der Waals surface area (Å²) in [6, 6.07) is 7.68. The molecule has 3 rings (SSSR count). The highest BCUT2D eigenvalue weighted by Crippen LogP contribution is 2.32. The van der Waals surface area contributed by atoms with E-state index in [0.717, 1.165) is 30.4 Å². The minimum absolute atomic E-state index is 0.0326. The highest BCUT2D eigenvalue weighted by atomic mass is 16.2. The minimum atomic E-state index is -0.441. The van der Waals surface area contributed by atoms with Crippen molar-refractivity contribution in [2.45, 2.75) is 58.2 Å². The summed E-state index contributed by atoms with van der Waals surface area (Å²) in [5.74, 6) is 0.430. The van der Waals surface area contributed by atoms with E-state index in [9.17, 15) is 9.59 Å². The Morgan fingerprint density at radius 1 is 1.28 bits per heavy atom. The van der Waals surface area contributed by atoms with E-state index >= 15 is 0 Å². The van der Waals surface area contributed by atoms with Gasteiger partial charge in [0.15, 0.2) is 0 Å². The molecule has 1 aromatic rings. The molecule has 0 aromatic heterocycles. The van der Waals surface area contributed by atoms with Crippen LogP contribution in [0.3, 0.4) is 0 Å². The van der Waals surface area contributed by atoms with Crippen molar-refractivity contribution in [3.05, 3.63) is 35.4 Å². The standard InChI is InChI=1S/C20H29N3O2/c1-3-13(2)20(25)23-12-16-7-5-4-6-15(16)10-18(23)19(24)22-17(11-21)14-8-9-14/h4-7,13-14,17-18H,3,8-12,21H2,1-2H3,(H,22,24). The normalized spacial score (nSPS) is 22.0. The summed E-state index contributed by atoms with van der Waals surface area (Å²) in [5.41, 5.74) is 8.14. The fourth-order valence-corrected chi connectivity index (χ4v) is 3.59. The Labute approximate surface area is 150 Å². The molecule has 5 heteroatoms. The Bertz CT molecular complexity index is 642. The van der Waals surface area contributed by atoms with Gasteiger partial charge in [-0.05, 0) is 36.3 Å². The molecule has 3 N–H and O–H groups in total. The molecule has 0 bridgehead atoms. The van der Waals surface area contributed by atoms with Crippen molar-refractivity contribution < 1.29 is 9.59 Å². The molecule has 1 saturated carbocycles. The first-order chi connectivity index (χ1) is 12.0. The minimum Gasteiger partial charge on any atom is -0.350 e. The lowest BCUT2D eigenvalue weighted by Crippen LogP contribution is -2.56. The second kappa shape index (κ2) is 7.56. The number of rotatable bonds is 6. The van der Waals surface area contributed by atoms with Gasteiger partial charge >= 0.3 is 0 Å². The molecule has 3 unspecified atom stereocenters. The van der Waals surface area contributed by atoms with Gasteiger partial charge in [-0.2, -0.15) is 0 Å². The summed E-state index contributed by atoms with van der Waals surface area (Å²) in [6.45, 7) is 4.91. The molecular formula is C20H29N3O2. The third-order valence-electron chi connectivity index (χ3n) is 5.64. The lowest BCUT2D eigenvalue weighted by atomic mass is 9.91. The Balaban J connectivity index is 1.82. The van der Waals surface area contributed by atoms with E-state index in [4.69, 9.17) is 5.73 Å². The van der Waals surface area contributed by atoms with E-state index in [-0.39, 0.29) is 23.8 Å². The molecule has 25 heavy (non-hydrogen) atoms. The van der Waals surface area contributed by atoms with Crippen LogP contribution in [-0.2, 0) is 22.6 Å². The SMILES string of the molecule is CCC(C)C(=O)N1Cc2ccccc2CC1C(=O)NC(CN)C1CC1. The predicted molar refractivity (Wildman–Crippen MR) is 97.6 cm³/mol. The number of benzene rings is 1. The van der Waals surface area contributed by atoms with E-state index in [1.807, 2.05) is 32.0 Å². The van der Waals surface area contributed by atoms with Gasteiger partial charge in [0, 0.05) is 31.5 Å². The summed E-state index contributed by atoms with van der Waals surface area (Å²) >= 11 is 0. The van der Waals surface area contributed by atoms with Gasteiger partial charge < -0.3 is 16.0 Å². The quantitative estimate of drug-likeness (QED) is 0.827. The van der Waals surface area contributed by atoms with Gasteiger partial charge in [-0.1, -0.05) is 38.1 Å². The van der Waals surface area contributed by atoms with E-state index < -0.39 is 6.04 Å². The first kappa shape index (κ1) is 17.9. The zero-order chi connectivity index (χ0) is 18.0. The van der Waals surface area contributed by atoms with Gasteiger partial charge in [0.05, 0.1) is 0 Å². The number of nitrogens with two attached hydrogens (primary N) is 1. The average Bonchev–Trinajstić information content (AvgIpc) is 3.48. The number of amides is 2. The topological polar surface area (TPSA) is 75.4 Å². The van der Waals surface area contributed by atoms with E-state index in [1.165, 1.54) is 0 Å². The van der Waals surface area contributed by atoms with Crippen molar-refractivity contribution in [2.75, 3.05) is 6.54 Å². The first-order valence-electron chi connectivity index (χ1n) is 9.42. The van der Waals surface area contributed by atoms with Crippen LogP contribution in [0, 0.1) is 11.8 Å². The Hall–Kier alpha value is -1.88. The molecule has 2 aliphatic rings. The van der Waals surface area contributed by atoms with Gasteiger partial charge in [0.25, 0.3) is 0 Å². The molecule has 1 aromatic carbocycles. The van der Waals surface area contributed by atoms with E-state index in [2.05, 4.69) is 11.4 Å². The van der Waals surface area contributed by atoms with Crippen molar-refractivity contribution in [1.82, 2.24) is 10.2 Å². The van der Waals surface area contributed by atoms with Crippen molar-refractivity contribution in [2.24, 2.45) is 17.6 Å². The fraction of sp³-hybridized carbons (Fsp3) is 0.600. The van der Waals surface area contributed by atoms with Crippen LogP contribution in [0.5, 0.6) is 0 Å². The van der Waals surface area contributed by atoms with Crippen molar-refractivity contribution in [3.8, 4) is 0 Å². The maximum atomic E-state index is 13.0. The number of carbonyl (C=O) groups is 2. The first-order valence-corrected chi connectivity index (χ1v) is 9.42. The Kier molecular flexibility index (Phi) is 5.42. The second-order valence-electron chi connectivity index (χ2n) is 7.45. The van der Waals surface area contributed by atoms with Gasteiger partial charge in [-0.15, -0.1) is 0 Å². The molecule has 0 saturated heterocycles. The van der Waals surface area contributed by atoms with Crippen LogP contribution in [-0.4, -0.2) is 35.3 Å². The van der Waals surface area contributed by atoms with Crippen LogP contribution >= 0.6 is 0 Å². The Morgan fingerprint density at radius 3 is 2.56 bits per heavy atom. The number of nitrogens with zero attached hydrogens (tertiary/aromatic N) is 1. The van der Waals surface area contributed by atoms with Crippen LogP contribution in [0.15, 0.2) is 24.3 Å². The monoisotopic (exact) mass is 343 g/mol. The number of fused-ring (bicyclic) bond motifs is 1. The summed E-state index contributed by atoms with van der Waals surface area (Å²) in [6.07, 6.45) is 3.61. The molecular weight excluding hydrogens is 314 g/mol. The lowest BCUT2D eigenvalue weighted by Gasteiger charge is -2.38. The predicted octanol–water partition coefficient (Wildman–Crippen LogP) is 1.84. The van der Waals surface area contributed by atoms with Crippen molar-refractivity contribution in [1.29, 1.82) is 0 Å². The smallest absolute Gasteiger partial charge is 0.243 e. The maximum Gasteiger partial charge on any atom is 0.243 e.